The van der Waals surface area contributed by atoms with Gasteiger partial charge in [-0.2, -0.15) is 0 Å². The van der Waals surface area contributed by atoms with Crippen molar-refractivity contribution in [2.75, 3.05) is 0 Å². The summed E-state index contributed by atoms with van der Waals surface area (Å²) in [6, 6.07) is 18.4. The van der Waals surface area contributed by atoms with Crippen molar-refractivity contribution < 1.29 is 19.1 Å². The van der Waals surface area contributed by atoms with E-state index in [4.69, 9.17) is 9.15 Å². The summed E-state index contributed by atoms with van der Waals surface area (Å²) in [4.78, 5) is 12.7. The van der Waals surface area contributed by atoms with Crippen molar-refractivity contribution in [3.8, 4) is 5.75 Å². The molecular formula is C21H19NO4. The number of hydrogen-bond donors (Lipinski definition) is 2. The summed E-state index contributed by atoms with van der Waals surface area (Å²) in [5, 5.41) is 13.2. The maximum atomic E-state index is 12.7. The molecule has 5 nitrogen and oxygen atoms in total. The summed E-state index contributed by atoms with van der Waals surface area (Å²) in [5.41, 5.74) is 2.66. The van der Waals surface area contributed by atoms with Crippen LogP contribution >= 0.6 is 0 Å². The van der Waals surface area contributed by atoms with Crippen LogP contribution in [-0.2, 0) is 13.0 Å². The van der Waals surface area contributed by atoms with Crippen LogP contribution in [0.25, 0.3) is 0 Å². The molecule has 132 valence electrons. The van der Waals surface area contributed by atoms with Crippen LogP contribution < -0.4 is 10.1 Å². The summed E-state index contributed by atoms with van der Waals surface area (Å²) in [7, 11) is 0. The molecule has 4 rings (SSSR count). The lowest BCUT2D eigenvalue weighted by Gasteiger charge is -2.17. The van der Waals surface area contributed by atoms with Crippen LogP contribution in [0.4, 0.5) is 0 Å². The van der Waals surface area contributed by atoms with Crippen LogP contribution in [0.2, 0.25) is 0 Å². The van der Waals surface area contributed by atoms with Gasteiger partial charge in [0.15, 0.2) is 5.76 Å². The molecule has 1 aliphatic carbocycles. The molecule has 26 heavy (non-hydrogen) atoms. The van der Waals surface area contributed by atoms with Gasteiger partial charge < -0.3 is 19.6 Å². The number of carbonyl (C=O) groups excluding carboxylic acids is 1. The quantitative estimate of drug-likeness (QED) is 0.742. The molecule has 2 N–H and O–H groups in total. The van der Waals surface area contributed by atoms with Gasteiger partial charge >= 0.3 is 0 Å². The minimum Gasteiger partial charge on any atom is -0.489 e. The van der Waals surface area contributed by atoms with Crippen LogP contribution in [0, 0.1) is 0 Å². The molecule has 0 unspecified atom stereocenters. The first-order valence-electron chi connectivity index (χ1n) is 8.53. The number of fused-ring (bicyclic) bond motifs is 1. The minimum absolute atomic E-state index is 0.206. The van der Waals surface area contributed by atoms with Gasteiger partial charge in [0.05, 0.1) is 18.4 Å². The maximum Gasteiger partial charge on any atom is 0.287 e. The minimum atomic E-state index is -0.643. The van der Waals surface area contributed by atoms with Gasteiger partial charge in [0, 0.05) is 12.0 Å². The first-order chi connectivity index (χ1) is 12.7. The molecule has 2 atom stereocenters. The smallest absolute Gasteiger partial charge is 0.287 e. The number of para-hydroxylation sites is 1. The van der Waals surface area contributed by atoms with E-state index in [9.17, 15) is 9.90 Å². The van der Waals surface area contributed by atoms with Crippen LogP contribution in [-0.4, -0.2) is 17.1 Å². The number of aliphatic hydroxyl groups is 1. The molecule has 0 radical (unpaired) electrons. The van der Waals surface area contributed by atoms with Crippen molar-refractivity contribution >= 4 is 5.91 Å². The Balaban J connectivity index is 1.47. The highest BCUT2D eigenvalue weighted by molar-refractivity contribution is 5.93. The third kappa shape index (κ3) is 3.21. The van der Waals surface area contributed by atoms with Gasteiger partial charge in [-0.25, -0.2) is 0 Å². The van der Waals surface area contributed by atoms with Crippen LogP contribution in [0.5, 0.6) is 5.75 Å². The number of nitrogens with one attached hydrogen (secondary N) is 1. The van der Waals surface area contributed by atoms with E-state index >= 15 is 0 Å². The number of rotatable bonds is 5. The second kappa shape index (κ2) is 7.06. The number of benzene rings is 2. The largest absolute Gasteiger partial charge is 0.489 e. The fourth-order valence-corrected chi connectivity index (χ4v) is 3.28. The summed E-state index contributed by atoms with van der Waals surface area (Å²) in [5.74, 6) is 0.570. The third-order valence-corrected chi connectivity index (χ3v) is 4.58. The Labute approximate surface area is 151 Å². The number of carbonyl (C=O) groups is 1. The highest BCUT2D eigenvalue weighted by Crippen LogP contribution is 2.31. The van der Waals surface area contributed by atoms with Crippen molar-refractivity contribution in [3.05, 3.63) is 89.4 Å². The lowest BCUT2D eigenvalue weighted by Crippen LogP contribution is -2.34. The summed E-state index contributed by atoms with van der Waals surface area (Å²) in [6.07, 6.45) is 1.36. The van der Waals surface area contributed by atoms with E-state index in [2.05, 4.69) is 5.32 Å². The van der Waals surface area contributed by atoms with Crippen molar-refractivity contribution in [2.45, 2.75) is 25.2 Å². The van der Waals surface area contributed by atoms with Gasteiger partial charge in [-0.15, -0.1) is 0 Å². The Morgan fingerprint density at radius 1 is 1.12 bits per heavy atom. The van der Waals surface area contributed by atoms with E-state index < -0.39 is 12.1 Å². The molecular weight excluding hydrogens is 330 g/mol. The average molecular weight is 349 g/mol. The summed E-state index contributed by atoms with van der Waals surface area (Å²) in [6.45, 7) is 0.229. The third-order valence-electron chi connectivity index (χ3n) is 4.58. The fraction of sp³-hybridized carbons (Fsp3) is 0.190. The Hall–Kier alpha value is -3.05. The molecule has 0 aliphatic heterocycles. The van der Waals surface area contributed by atoms with Crippen LogP contribution in [0.15, 0.2) is 71.3 Å². The van der Waals surface area contributed by atoms with E-state index in [0.29, 0.717) is 12.0 Å². The number of aliphatic hydroxyl groups excluding tert-OH is 1. The van der Waals surface area contributed by atoms with Crippen LogP contribution in [0.3, 0.4) is 0 Å². The first-order valence-corrected chi connectivity index (χ1v) is 8.53. The molecule has 1 heterocycles. The van der Waals surface area contributed by atoms with Crippen molar-refractivity contribution in [1.82, 2.24) is 5.32 Å². The van der Waals surface area contributed by atoms with Gasteiger partial charge in [-0.05, 0) is 29.3 Å². The molecule has 0 bridgehead atoms. The van der Waals surface area contributed by atoms with Gasteiger partial charge in [-0.1, -0.05) is 42.5 Å². The normalized spacial score (nSPS) is 18.3. The molecule has 5 heteroatoms. The zero-order valence-corrected chi connectivity index (χ0v) is 14.1. The Kier molecular flexibility index (Phi) is 4.46. The Bertz CT molecular complexity index is 903. The van der Waals surface area contributed by atoms with E-state index in [0.717, 1.165) is 16.9 Å². The van der Waals surface area contributed by atoms with Gasteiger partial charge in [-0.3, -0.25) is 4.79 Å². The summed E-state index contributed by atoms with van der Waals surface area (Å²) < 4.78 is 11.1. The van der Waals surface area contributed by atoms with E-state index in [-0.39, 0.29) is 18.3 Å². The zero-order valence-electron chi connectivity index (χ0n) is 14.1. The van der Waals surface area contributed by atoms with Crippen molar-refractivity contribution in [2.24, 2.45) is 0 Å². The number of amides is 1. The van der Waals surface area contributed by atoms with Gasteiger partial charge in [0.25, 0.3) is 5.91 Å². The molecule has 1 aliphatic rings. The lowest BCUT2D eigenvalue weighted by atomic mass is 10.1. The van der Waals surface area contributed by atoms with E-state index in [1.54, 1.807) is 6.07 Å². The number of ether oxygens (including phenoxy) is 1. The topological polar surface area (TPSA) is 71.7 Å². The molecule has 0 spiro atoms. The van der Waals surface area contributed by atoms with E-state index in [1.165, 1.54) is 6.26 Å². The second-order valence-corrected chi connectivity index (χ2v) is 6.30. The molecule has 2 aromatic carbocycles. The molecule has 0 saturated carbocycles. The standard InChI is InChI=1S/C21H19NO4/c23-18-12-14-6-4-5-9-17(14)19(18)22-21(24)20-15(10-11-25-20)13-26-16-7-2-1-3-8-16/h1-11,18-19,23H,12-13H2,(H,22,24)/t18-,19+/m1/s1. The zero-order chi connectivity index (χ0) is 17.9. The highest BCUT2D eigenvalue weighted by Gasteiger charge is 2.33. The highest BCUT2D eigenvalue weighted by atomic mass is 16.5. The maximum absolute atomic E-state index is 12.7. The molecule has 1 amide bonds. The van der Waals surface area contributed by atoms with Gasteiger partial charge in [0.1, 0.15) is 12.4 Å². The molecule has 1 aromatic heterocycles. The monoisotopic (exact) mass is 349 g/mol. The molecule has 0 fully saturated rings. The van der Waals surface area contributed by atoms with E-state index in [1.807, 2.05) is 54.6 Å². The Morgan fingerprint density at radius 3 is 2.73 bits per heavy atom. The Morgan fingerprint density at radius 2 is 1.88 bits per heavy atom. The van der Waals surface area contributed by atoms with Crippen molar-refractivity contribution in [3.63, 3.8) is 0 Å². The SMILES string of the molecule is O=C(N[C@H]1c2ccccc2C[C@H]1O)c1occc1COc1ccccc1. The van der Waals surface area contributed by atoms with Crippen LogP contribution in [0.1, 0.15) is 33.3 Å². The predicted octanol–water partition coefficient (Wildman–Crippen LogP) is 3.25. The second-order valence-electron chi connectivity index (χ2n) is 6.30. The predicted molar refractivity (Wildman–Crippen MR) is 95.8 cm³/mol. The molecule has 3 aromatic rings. The number of furan rings is 1. The van der Waals surface area contributed by atoms with Crippen molar-refractivity contribution in [1.29, 1.82) is 0 Å². The number of hydrogen-bond acceptors (Lipinski definition) is 4. The van der Waals surface area contributed by atoms with Gasteiger partial charge in [0.2, 0.25) is 0 Å². The molecule has 0 saturated heterocycles. The lowest BCUT2D eigenvalue weighted by molar-refractivity contribution is 0.0828. The average Bonchev–Trinajstić information content (AvgIpc) is 3.26. The first kappa shape index (κ1) is 16.4. The fourth-order valence-electron chi connectivity index (χ4n) is 3.28. The summed E-state index contributed by atoms with van der Waals surface area (Å²) >= 11 is 0.